The third kappa shape index (κ3) is 6.77. The van der Waals surface area contributed by atoms with Crippen LogP contribution in [0.25, 0.3) is 0 Å². The first kappa shape index (κ1) is 18.9. The number of nitrogens with one attached hydrogen (secondary N) is 2. The molecule has 0 spiro atoms. The maximum atomic E-state index is 11.8. The molecule has 1 rings (SSSR count). The van der Waals surface area contributed by atoms with E-state index in [9.17, 15) is 9.59 Å². The first-order chi connectivity index (χ1) is 10.3. The molecule has 22 heavy (non-hydrogen) atoms. The summed E-state index contributed by atoms with van der Waals surface area (Å²) in [5.41, 5.74) is 0.320. The maximum Gasteiger partial charge on any atom is 0.309 e. The number of hydrogen-bond acceptors (Lipinski definition) is 3. The van der Waals surface area contributed by atoms with E-state index in [1.807, 2.05) is 0 Å². The van der Waals surface area contributed by atoms with E-state index in [1.165, 1.54) is 0 Å². The van der Waals surface area contributed by atoms with Crippen LogP contribution in [0.5, 0.6) is 0 Å². The lowest BCUT2D eigenvalue weighted by molar-refractivity contribution is -0.139. The van der Waals surface area contributed by atoms with Crippen molar-refractivity contribution in [3.05, 3.63) is 0 Å². The van der Waals surface area contributed by atoms with Crippen molar-refractivity contribution >= 4 is 11.8 Å². The number of unbranched alkanes of at least 4 members (excludes halogenated alkanes) is 2. The minimum absolute atomic E-state index is 0.131. The summed E-state index contributed by atoms with van der Waals surface area (Å²) in [7, 11) is 0. The Kier molecular flexibility index (Phi) is 7.87. The van der Waals surface area contributed by atoms with E-state index in [4.69, 9.17) is 5.11 Å². The lowest BCUT2D eigenvalue weighted by atomic mass is 9.71. The third-order valence-electron chi connectivity index (χ3n) is 4.61. The number of aliphatic hydroxyl groups excluding tert-OH is 1. The molecule has 1 fully saturated rings. The summed E-state index contributed by atoms with van der Waals surface area (Å²) in [4.78, 5) is 23.5. The van der Waals surface area contributed by atoms with E-state index in [0.29, 0.717) is 17.9 Å². The van der Waals surface area contributed by atoms with Crippen LogP contribution in [0.3, 0.4) is 0 Å². The van der Waals surface area contributed by atoms with Crippen LogP contribution in [0, 0.1) is 11.3 Å². The summed E-state index contributed by atoms with van der Waals surface area (Å²) in [5.74, 6) is -0.357. The second kappa shape index (κ2) is 9.13. The minimum atomic E-state index is -0.540. The standard InChI is InChI=1S/C17H32N2O3/c1-17(2,3)13-7-9-14(10-8-13)19-16(22)15(21)18-11-5-4-6-12-20/h13-14,20H,4-12H2,1-3H3,(H,18,21)(H,19,22). The summed E-state index contributed by atoms with van der Waals surface area (Å²) in [6.07, 6.45) is 6.51. The molecule has 0 saturated heterocycles. The number of rotatable bonds is 6. The SMILES string of the molecule is CC(C)(C)C1CCC(NC(=O)C(=O)NCCCCCO)CC1. The van der Waals surface area contributed by atoms with Crippen LogP contribution in [-0.4, -0.2) is 36.1 Å². The van der Waals surface area contributed by atoms with Crippen molar-refractivity contribution in [3.8, 4) is 0 Å². The van der Waals surface area contributed by atoms with Gasteiger partial charge in [-0.15, -0.1) is 0 Å². The quantitative estimate of drug-likeness (QED) is 0.518. The highest BCUT2D eigenvalue weighted by atomic mass is 16.3. The molecule has 0 unspecified atom stereocenters. The Labute approximate surface area is 134 Å². The van der Waals surface area contributed by atoms with Crippen LogP contribution in [-0.2, 0) is 9.59 Å². The first-order valence-corrected chi connectivity index (χ1v) is 8.54. The van der Waals surface area contributed by atoms with Gasteiger partial charge in [0.15, 0.2) is 0 Å². The molecule has 2 amide bonds. The van der Waals surface area contributed by atoms with Gasteiger partial charge in [-0.3, -0.25) is 9.59 Å². The van der Waals surface area contributed by atoms with Crippen molar-refractivity contribution < 1.29 is 14.7 Å². The second-order valence-electron chi connectivity index (χ2n) is 7.43. The molecule has 1 aliphatic rings. The number of carbonyl (C=O) groups excluding carboxylic acids is 2. The lowest BCUT2D eigenvalue weighted by Gasteiger charge is -2.37. The zero-order valence-electron chi connectivity index (χ0n) is 14.3. The predicted molar refractivity (Wildman–Crippen MR) is 87.3 cm³/mol. The van der Waals surface area contributed by atoms with Gasteiger partial charge in [0.25, 0.3) is 0 Å². The first-order valence-electron chi connectivity index (χ1n) is 8.54. The minimum Gasteiger partial charge on any atom is -0.396 e. The number of carbonyl (C=O) groups is 2. The van der Waals surface area contributed by atoms with Crippen LogP contribution in [0.4, 0.5) is 0 Å². The molecular formula is C17H32N2O3. The maximum absolute atomic E-state index is 11.8. The Morgan fingerprint density at radius 2 is 1.64 bits per heavy atom. The van der Waals surface area contributed by atoms with Gasteiger partial charge in [0.05, 0.1) is 0 Å². The summed E-state index contributed by atoms with van der Waals surface area (Å²) < 4.78 is 0. The average molecular weight is 312 g/mol. The van der Waals surface area contributed by atoms with Crippen LogP contribution >= 0.6 is 0 Å². The lowest BCUT2D eigenvalue weighted by Crippen LogP contribution is -2.46. The monoisotopic (exact) mass is 312 g/mol. The van der Waals surface area contributed by atoms with Crippen molar-refractivity contribution in [3.63, 3.8) is 0 Å². The van der Waals surface area contributed by atoms with Crippen molar-refractivity contribution in [2.75, 3.05) is 13.2 Å². The molecule has 0 heterocycles. The zero-order chi connectivity index (χ0) is 16.6. The van der Waals surface area contributed by atoms with Gasteiger partial charge in [-0.25, -0.2) is 0 Å². The molecule has 5 nitrogen and oxygen atoms in total. The van der Waals surface area contributed by atoms with Gasteiger partial charge in [0.2, 0.25) is 0 Å². The van der Waals surface area contributed by atoms with E-state index < -0.39 is 11.8 Å². The topological polar surface area (TPSA) is 78.4 Å². The molecule has 5 heteroatoms. The van der Waals surface area contributed by atoms with Gasteiger partial charge in [-0.1, -0.05) is 20.8 Å². The molecule has 128 valence electrons. The molecule has 0 radical (unpaired) electrons. The summed E-state index contributed by atoms with van der Waals surface area (Å²) in [5, 5.41) is 14.1. The van der Waals surface area contributed by atoms with Gasteiger partial charge in [-0.05, 0) is 56.3 Å². The number of aliphatic hydroxyl groups is 1. The van der Waals surface area contributed by atoms with Gasteiger partial charge in [0, 0.05) is 19.2 Å². The molecule has 1 aliphatic carbocycles. The van der Waals surface area contributed by atoms with Gasteiger partial charge in [-0.2, -0.15) is 0 Å². The average Bonchev–Trinajstić information content (AvgIpc) is 2.46. The van der Waals surface area contributed by atoms with E-state index in [1.54, 1.807) is 0 Å². The molecule has 0 aromatic carbocycles. The molecule has 0 aromatic rings. The van der Waals surface area contributed by atoms with Gasteiger partial charge < -0.3 is 15.7 Å². The van der Waals surface area contributed by atoms with Crippen LogP contribution in [0.2, 0.25) is 0 Å². The normalized spacial score (nSPS) is 22.2. The largest absolute Gasteiger partial charge is 0.396 e. The van der Waals surface area contributed by atoms with Crippen LogP contribution < -0.4 is 10.6 Å². The molecule has 3 N–H and O–H groups in total. The fourth-order valence-electron chi connectivity index (χ4n) is 3.05. The highest BCUT2D eigenvalue weighted by Crippen LogP contribution is 2.37. The van der Waals surface area contributed by atoms with Crippen molar-refractivity contribution in [1.29, 1.82) is 0 Å². The Morgan fingerprint density at radius 1 is 1.00 bits per heavy atom. The van der Waals surface area contributed by atoms with Crippen molar-refractivity contribution in [1.82, 2.24) is 10.6 Å². The summed E-state index contributed by atoms with van der Waals surface area (Å²) in [6.45, 7) is 7.46. The molecular weight excluding hydrogens is 280 g/mol. The van der Waals surface area contributed by atoms with Gasteiger partial charge >= 0.3 is 11.8 Å². The molecule has 0 aliphatic heterocycles. The van der Waals surface area contributed by atoms with E-state index in [2.05, 4.69) is 31.4 Å². The third-order valence-corrected chi connectivity index (χ3v) is 4.61. The summed E-state index contributed by atoms with van der Waals surface area (Å²) in [6, 6.07) is 0.131. The highest BCUT2D eigenvalue weighted by Gasteiger charge is 2.30. The smallest absolute Gasteiger partial charge is 0.309 e. The Bertz CT molecular complexity index is 355. The molecule has 1 saturated carbocycles. The van der Waals surface area contributed by atoms with Crippen molar-refractivity contribution in [2.24, 2.45) is 11.3 Å². The number of hydrogen-bond donors (Lipinski definition) is 3. The van der Waals surface area contributed by atoms with E-state index in [-0.39, 0.29) is 12.6 Å². The van der Waals surface area contributed by atoms with E-state index >= 15 is 0 Å². The predicted octanol–water partition coefficient (Wildman–Crippen LogP) is 1.99. The Hall–Kier alpha value is -1.10. The Balaban J connectivity index is 2.21. The van der Waals surface area contributed by atoms with E-state index in [0.717, 1.165) is 44.9 Å². The fraction of sp³-hybridized carbons (Fsp3) is 0.882. The highest BCUT2D eigenvalue weighted by molar-refractivity contribution is 6.35. The molecule has 0 aromatic heterocycles. The Morgan fingerprint density at radius 3 is 2.18 bits per heavy atom. The summed E-state index contributed by atoms with van der Waals surface area (Å²) >= 11 is 0. The molecule has 0 atom stereocenters. The molecule has 0 bridgehead atoms. The second-order valence-corrected chi connectivity index (χ2v) is 7.43. The van der Waals surface area contributed by atoms with Crippen LogP contribution in [0.15, 0.2) is 0 Å². The van der Waals surface area contributed by atoms with Crippen LogP contribution in [0.1, 0.15) is 65.7 Å². The van der Waals surface area contributed by atoms with Gasteiger partial charge in [0.1, 0.15) is 0 Å². The number of amides is 2. The zero-order valence-corrected chi connectivity index (χ0v) is 14.3. The van der Waals surface area contributed by atoms with Crippen molar-refractivity contribution in [2.45, 2.75) is 71.8 Å². The fourth-order valence-corrected chi connectivity index (χ4v) is 3.05.